The van der Waals surface area contributed by atoms with Gasteiger partial charge in [0.05, 0.1) is 6.54 Å². The van der Waals surface area contributed by atoms with Gasteiger partial charge < -0.3 is 19.7 Å². The van der Waals surface area contributed by atoms with Gasteiger partial charge in [-0.15, -0.1) is 0 Å². The van der Waals surface area contributed by atoms with E-state index in [1.165, 1.54) is 31.3 Å². The summed E-state index contributed by atoms with van der Waals surface area (Å²) in [5.41, 5.74) is 0.783. The number of likely N-dealkylation sites (tertiary alicyclic amines) is 1. The van der Waals surface area contributed by atoms with Crippen molar-refractivity contribution in [1.82, 2.24) is 10.2 Å². The number of carbonyl (C=O) groups is 2. The van der Waals surface area contributed by atoms with Gasteiger partial charge >= 0.3 is 0 Å². The van der Waals surface area contributed by atoms with Gasteiger partial charge in [-0.3, -0.25) is 9.59 Å². The maximum Gasteiger partial charge on any atom is 0.243 e. The van der Waals surface area contributed by atoms with E-state index in [0.717, 1.165) is 5.56 Å². The number of hydrogen-bond donors (Lipinski definition) is 1. The summed E-state index contributed by atoms with van der Waals surface area (Å²) in [5.74, 6) is -0.650. The molecule has 1 aromatic rings. The van der Waals surface area contributed by atoms with E-state index in [2.05, 4.69) is 5.32 Å². The number of methoxy groups -OCH3 is 2. The average molecular weight is 324 g/mol. The van der Waals surface area contributed by atoms with E-state index in [9.17, 15) is 14.0 Å². The summed E-state index contributed by atoms with van der Waals surface area (Å²) >= 11 is 0. The smallest absolute Gasteiger partial charge is 0.243 e. The highest BCUT2D eigenvalue weighted by molar-refractivity contribution is 5.90. The fraction of sp³-hybridized carbons (Fsp3) is 0.500. The summed E-state index contributed by atoms with van der Waals surface area (Å²) in [6.45, 7) is 0.496. The summed E-state index contributed by atoms with van der Waals surface area (Å²) in [7, 11) is 2.97. The van der Waals surface area contributed by atoms with Crippen LogP contribution in [-0.4, -0.2) is 49.8 Å². The fourth-order valence-electron chi connectivity index (χ4n) is 2.56. The van der Waals surface area contributed by atoms with Crippen LogP contribution in [0, 0.1) is 5.82 Å². The van der Waals surface area contributed by atoms with Crippen molar-refractivity contribution in [2.45, 2.75) is 31.7 Å². The first-order valence-corrected chi connectivity index (χ1v) is 7.42. The molecule has 0 aromatic heterocycles. The average Bonchev–Trinajstić information content (AvgIpc) is 2.91. The number of nitrogens with one attached hydrogen (secondary N) is 1. The number of rotatable bonds is 7. The van der Waals surface area contributed by atoms with Crippen LogP contribution in [0.3, 0.4) is 0 Å². The van der Waals surface area contributed by atoms with Crippen molar-refractivity contribution >= 4 is 11.8 Å². The summed E-state index contributed by atoms with van der Waals surface area (Å²) in [5, 5.41) is 2.73. The molecule has 0 saturated carbocycles. The van der Waals surface area contributed by atoms with Crippen LogP contribution in [0.5, 0.6) is 0 Å². The molecule has 0 spiro atoms. The van der Waals surface area contributed by atoms with Crippen molar-refractivity contribution in [3.05, 3.63) is 35.6 Å². The Kier molecular flexibility index (Phi) is 6.06. The van der Waals surface area contributed by atoms with E-state index in [-0.39, 0.29) is 30.7 Å². The number of ether oxygens (including phenoxy) is 2. The fourth-order valence-corrected chi connectivity index (χ4v) is 2.56. The Bertz CT molecular complexity index is 546. The van der Waals surface area contributed by atoms with E-state index in [4.69, 9.17) is 9.47 Å². The van der Waals surface area contributed by atoms with E-state index < -0.39 is 12.3 Å². The predicted molar refractivity (Wildman–Crippen MR) is 80.8 cm³/mol. The molecule has 1 aliphatic heterocycles. The minimum atomic E-state index is -0.526. The van der Waals surface area contributed by atoms with Crippen molar-refractivity contribution in [2.75, 3.05) is 20.8 Å². The Balaban J connectivity index is 1.98. The Morgan fingerprint density at radius 3 is 2.61 bits per heavy atom. The van der Waals surface area contributed by atoms with Gasteiger partial charge in [0.15, 0.2) is 6.29 Å². The molecule has 126 valence electrons. The number of nitrogens with zero attached hydrogens (tertiary/aromatic N) is 1. The molecule has 0 unspecified atom stereocenters. The Morgan fingerprint density at radius 1 is 1.35 bits per heavy atom. The number of benzene rings is 1. The van der Waals surface area contributed by atoms with Crippen LogP contribution >= 0.6 is 0 Å². The van der Waals surface area contributed by atoms with Crippen LogP contribution in [0.4, 0.5) is 4.39 Å². The molecular weight excluding hydrogens is 303 g/mol. The van der Waals surface area contributed by atoms with Crippen LogP contribution in [0.1, 0.15) is 18.4 Å². The van der Waals surface area contributed by atoms with Crippen LogP contribution in [-0.2, 0) is 25.6 Å². The van der Waals surface area contributed by atoms with Gasteiger partial charge in [-0.1, -0.05) is 12.1 Å². The van der Waals surface area contributed by atoms with E-state index in [0.29, 0.717) is 12.8 Å². The van der Waals surface area contributed by atoms with Gasteiger partial charge in [0.25, 0.3) is 0 Å². The van der Waals surface area contributed by atoms with Gasteiger partial charge in [-0.2, -0.15) is 0 Å². The lowest BCUT2D eigenvalue weighted by Gasteiger charge is -2.25. The topological polar surface area (TPSA) is 67.9 Å². The second kappa shape index (κ2) is 8.03. The molecule has 1 fully saturated rings. The molecule has 0 bridgehead atoms. The monoisotopic (exact) mass is 324 g/mol. The van der Waals surface area contributed by atoms with Crippen LogP contribution in [0.15, 0.2) is 24.3 Å². The Morgan fingerprint density at radius 2 is 2.00 bits per heavy atom. The minimum Gasteiger partial charge on any atom is -0.354 e. The predicted octanol–water partition coefficient (Wildman–Crippen LogP) is 1.05. The highest BCUT2D eigenvalue weighted by atomic mass is 19.1. The van der Waals surface area contributed by atoms with Crippen molar-refractivity contribution < 1.29 is 23.5 Å². The SMILES string of the molecule is COC(CNC(=O)[C@@H]1CCC(=O)N1Cc1ccc(F)cc1)OC. The normalized spacial score (nSPS) is 17.8. The van der Waals surface area contributed by atoms with E-state index in [1.54, 1.807) is 12.1 Å². The third kappa shape index (κ3) is 4.49. The van der Waals surface area contributed by atoms with Crippen LogP contribution in [0.25, 0.3) is 0 Å². The summed E-state index contributed by atoms with van der Waals surface area (Å²) in [6.07, 6.45) is 0.273. The lowest BCUT2D eigenvalue weighted by molar-refractivity contribution is -0.138. The van der Waals surface area contributed by atoms with Gasteiger partial charge in [-0.25, -0.2) is 4.39 Å². The highest BCUT2D eigenvalue weighted by Gasteiger charge is 2.35. The minimum absolute atomic E-state index is 0.0792. The molecule has 1 atom stereocenters. The first-order valence-electron chi connectivity index (χ1n) is 7.42. The molecule has 6 nitrogen and oxygen atoms in total. The zero-order chi connectivity index (χ0) is 16.8. The molecule has 1 N–H and O–H groups in total. The Labute approximate surface area is 134 Å². The molecule has 1 saturated heterocycles. The molecule has 23 heavy (non-hydrogen) atoms. The van der Waals surface area contributed by atoms with Gasteiger partial charge in [0.2, 0.25) is 11.8 Å². The third-order valence-electron chi connectivity index (χ3n) is 3.87. The molecule has 0 radical (unpaired) electrons. The first-order chi connectivity index (χ1) is 11.0. The van der Waals surface area contributed by atoms with Gasteiger partial charge in [-0.05, 0) is 24.1 Å². The summed E-state index contributed by atoms with van der Waals surface area (Å²) < 4.78 is 23.0. The molecule has 1 heterocycles. The maximum atomic E-state index is 13.0. The number of hydrogen-bond acceptors (Lipinski definition) is 4. The van der Waals surface area contributed by atoms with Crippen molar-refractivity contribution in [3.8, 4) is 0 Å². The quantitative estimate of drug-likeness (QED) is 0.761. The number of carbonyl (C=O) groups excluding carboxylic acids is 2. The molecule has 7 heteroatoms. The molecule has 2 amide bonds. The first kappa shape index (κ1) is 17.4. The zero-order valence-electron chi connectivity index (χ0n) is 13.3. The van der Waals surface area contributed by atoms with Crippen LogP contribution in [0.2, 0.25) is 0 Å². The molecular formula is C16H21FN2O4. The van der Waals surface area contributed by atoms with Gasteiger partial charge in [0, 0.05) is 27.2 Å². The van der Waals surface area contributed by atoms with Crippen molar-refractivity contribution in [1.29, 1.82) is 0 Å². The number of halogens is 1. The number of amides is 2. The van der Waals surface area contributed by atoms with Crippen LogP contribution < -0.4 is 5.32 Å². The maximum absolute atomic E-state index is 13.0. The standard InChI is InChI=1S/C16H21FN2O4/c1-22-15(23-2)9-18-16(21)13-7-8-14(20)19(13)10-11-3-5-12(17)6-4-11/h3-6,13,15H,7-10H2,1-2H3,(H,18,21)/t13-/m0/s1. The highest BCUT2D eigenvalue weighted by Crippen LogP contribution is 2.22. The second-order valence-electron chi connectivity index (χ2n) is 5.35. The van der Waals surface area contributed by atoms with E-state index >= 15 is 0 Å². The largest absolute Gasteiger partial charge is 0.354 e. The van der Waals surface area contributed by atoms with Gasteiger partial charge in [0.1, 0.15) is 11.9 Å². The summed E-state index contributed by atoms with van der Waals surface area (Å²) in [4.78, 5) is 25.9. The van der Waals surface area contributed by atoms with Crippen molar-refractivity contribution in [3.63, 3.8) is 0 Å². The molecule has 0 aliphatic carbocycles. The lowest BCUT2D eigenvalue weighted by atomic mass is 10.1. The molecule has 1 aliphatic rings. The van der Waals surface area contributed by atoms with E-state index in [1.807, 2.05) is 0 Å². The molecule has 2 rings (SSSR count). The lowest BCUT2D eigenvalue weighted by Crippen LogP contribution is -2.46. The third-order valence-corrected chi connectivity index (χ3v) is 3.87. The molecule has 1 aromatic carbocycles. The Hall–Kier alpha value is -1.99. The van der Waals surface area contributed by atoms with Crippen molar-refractivity contribution in [2.24, 2.45) is 0 Å². The summed E-state index contributed by atoms with van der Waals surface area (Å²) in [6, 6.07) is 5.38. The second-order valence-corrected chi connectivity index (χ2v) is 5.35. The zero-order valence-corrected chi connectivity index (χ0v) is 13.3.